The van der Waals surface area contributed by atoms with E-state index in [-0.39, 0.29) is 11.7 Å². The molecule has 0 aliphatic rings. The van der Waals surface area contributed by atoms with E-state index in [1.54, 1.807) is 12.1 Å². The molecule has 0 aliphatic carbocycles. The van der Waals surface area contributed by atoms with Crippen molar-refractivity contribution in [3.63, 3.8) is 0 Å². The molecule has 0 amide bonds. The summed E-state index contributed by atoms with van der Waals surface area (Å²) < 4.78 is 1.02. The first-order valence-corrected chi connectivity index (χ1v) is 7.56. The van der Waals surface area contributed by atoms with Crippen LogP contribution < -0.4 is 5.32 Å². The first-order chi connectivity index (χ1) is 9.97. The molecule has 0 heterocycles. The second-order valence-electron chi connectivity index (χ2n) is 4.68. The number of benzene rings is 2. The van der Waals surface area contributed by atoms with Gasteiger partial charge in [-0.15, -0.1) is 0 Å². The van der Waals surface area contributed by atoms with Crippen LogP contribution in [0.3, 0.4) is 0 Å². The first-order valence-electron chi connectivity index (χ1n) is 6.39. The molecule has 0 spiro atoms. The van der Waals surface area contributed by atoms with Crippen molar-refractivity contribution in [3.05, 3.63) is 73.2 Å². The van der Waals surface area contributed by atoms with E-state index in [4.69, 9.17) is 11.6 Å². The lowest BCUT2D eigenvalue weighted by Crippen LogP contribution is -2.18. The third-order valence-corrected chi connectivity index (χ3v) is 3.98. The molecule has 4 nitrogen and oxygen atoms in total. The Kier molecular flexibility index (Phi) is 5.33. The fraction of sp³-hybridized carbons (Fsp3) is 0.200. The lowest BCUT2D eigenvalue weighted by atomic mass is 10.1. The number of rotatable bonds is 5. The van der Waals surface area contributed by atoms with Crippen LogP contribution in [0.2, 0.25) is 5.02 Å². The maximum absolute atomic E-state index is 11.0. The van der Waals surface area contributed by atoms with E-state index in [1.165, 1.54) is 6.07 Å². The van der Waals surface area contributed by atoms with Gasteiger partial charge in [0.05, 0.1) is 4.92 Å². The number of nitro benzene ring substituents is 1. The summed E-state index contributed by atoms with van der Waals surface area (Å²) in [6.45, 7) is 2.43. The number of nitro groups is 1. The fourth-order valence-corrected chi connectivity index (χ4v) is 2.42. The van der Waals surface area contributed by atoms with Crippen molar-refractivity contribution in [1.82, 2.24) is 5.32 Å². The second kappa shape index (κ2) is 7.02. The first kappa shape index (κ1) is 15.9. The third kappa shape index (κ3) is 4.27. The summed E-state index contributed by atoms with van der Waals surface area (Å²) in [7, 11) is 0. The van der Waals surface area contributed by atoms with Crippen LogP contribution >= 0.6 is 27.5 Å². The summed E-state index contributed by atoms with van der Waals surface area (Å²) in [6.07, 6.45) is 0. The fourth-order valence-electron chi connectivity index (χ4n) is 1.99. The van der Waals surface area contributed by atoms with Crippen LogP contribution in [0.25, 0.3) is 0 Å². The number of nitrogens with one attached hydrogen (secondary N) is 1. The largest absolute Gasteiger partial charge is 0.306 e. The summed E-state index contributed by atoms with van der Waals surface area (Å²) >= 11 is 9.20. The zero-order valence-electron chi connectivity index (χ0n) is 11.3. The highest BCUT2D eigenvalue weighted by atomic mass is 79.9. The minimum Gasteiger partial charge on any atom is -0.306 e. The molecule has 21 heavy (non-hydrogen) atoms. The molecular weight excluding hydrogens is 356 g/mol. The van der Waals surface area contributed by atoms with Crippen molar-refractivity contribution in [3.8, 4) is 0 Å². The number of hydrogen-bond acceptors (Lipinski definition) is 3. The van der Waals surface area contributed by atoms with Gasteiger partial charge in [-0.05, 0) is 36.8 Å². The minimum atomic E-state index is -0.410. The maximum atomic E-state index is 11.0. The van der Waals surface area contributed by atoms with Gasteiger partial charge in [0, 0.05) is 33.7 Å². The quantitative estimate of drug-likeness (QED) is 0.605. The van der Waals surface area contributed by atoms with E-state index in [1.807, 2.05) is 31.2 Å². The molecule has 1 N–H and O–H groups in total. The van der Waals surface area contributed by atoms with E-state index in [0.717, 1.165) is 10.0 Å². The molecule has 0 saturated heterocycles. The van der Waals surface area contributed by atoms with Crippen LogP contribution in [0, 0.1) is 10.1 Å². The zero-order chi connectivity index (χ0) is 15.4. The Morgan fingerprint density at radius 2 is 1.95 bits per heavy atom. The molecule has 0 aliphatic heterocycles. The lowest BCUT2D eigenvalue weighted by Gasteiger charge is -2.14. The average molecular weight is 370 g/mol. The van der Waals surface area contributed by atoms with E-state index < -0.39 is 4.92 Å². The van der Waals surface area contributed by atoms with Gasteiger partial charge in [0.15, 0.2) is 0 Å². The summed E-state index contributed by atoms with van der Waals surface area (Å²) in [5.41, 5.74) is 1.78. The molecule has 0 bridgehead atoms. The van der Waals surface area contributed by atoms with Crippen LogP contribution in [-0.2, 0) is 6.54 Å². The van der Waals surface area contributed by atoms with Gasteiger partial charge in [0.2, 0.25) is 0 Å². The van der Waals surface area contributed by atoms with Crippen molar-refractivity contribution in [1.29, 1.82) is 0 Å². The van der Waals surface area contributed by atoms with E-state index in [2.05, 4.69) is 21.2 Å². The molecule has 0 unspecified atom stereocenters. The molecule has 2 aromatic carbocycles. The third-order valence-electron chi connectivity index (χ3n) is 3.21. The Hall–Kier alpha value is -1.43. The van der Waals surface area contributed by atoms with E-state index in [0.29, 0.717) is 17.1 Å². The van der Waals surface area contributed by atoms with Crippen LogP contribution in [0.4, 0.5) is 5.69 Å². The minimum absolute atomic E-state index is 0.0398. The van der Waals surface area contributed by atoms with Gasteiger partial charge in [-0.2, -0.15) is 0 Å². The standard InChI is InChI=1S/C15H14BrClN2O2/c1-10(11-2-5-13(16)6-3-11)18-9-12-4-7-14(17)8-15(12)19(20)21/h2-8,10,18H,9H2,1H3/t10-/m1/s1. The Balaban J connectivity index is 2.09. The van der Waals surface area contributed by atoms with Crippen LogP contribution in [0.1, 0.15) is 24.1 Å². The molecule has 0 aromatic heterocycles. The van der Waals surface area contributed by atoms with Crippen LogP contribution in [0.5, 0.6) is 0 Å². The predicted octanol–water partition coefficient (Wildman–Crippen LogP) is 4.86. The summed E-state index contributed by atoms with van der Waals surface area (Å²) in [5.74, 6) is 0. The predicted molar refractivity (Wildman–Crippen MR) is 87.5 cm³/mol. The maximum Gasteiger partial charge on any atom is 0.275 e. The Bertz CT molecular complexity index is 647. The van der Waals surface area contributed by atoms with E-state index in [9.17, 15) is 10.1 Å². The zero-order valence-corrected chi connectivity index (χ0v) is 13.7. The lowest BCUT2D eigenvalue weighted by molar-refractivity contribution is -0.385. The number of halogens is 2. The smallest absolute Gasteiger partial charge is 0.275 e. The number of nitrogens with zero attached hydrogens (tertiary/aromatic N) is 1. The Morgan fingerprint density at radius 1 is 1.29 bits per heavy atom. The molecule has 6 heteroatoms. The van der Waals surface area contributed by atoms with E-state index >= 15 is 0 Å². The Morgan fingerprint density at radius 3 is 2.57 bits per heavy atom. The number of hydrogen-bond donors (Lipinski definition) is 1. The van der Waals surface area contributed by atoms with Gasteiger partial charge in [-0.25, -0.2) is 0 Å². The van der Waals surface area contributed by atoms with Crippen molar-refractivity contribution >= 4 is 33.2 Å². The molecule has 2 rings (SSSR count). The van der Waals surface area contributed by atoms with Crippen molar-refractivity contribution < 1.29 is 4.92 Å². The molecule has 2 aromatic rings. The van der Waals surface area contributed by atoms with Gasteiger partial charge < -0.3 is 5.32 Å². The summed E-state index contributed by atoms with van der Waals surface area (Å²) in [6, 6.07) is 12.8. The normalized spacial score (nSPS) is 12.1. The van der Waals surface area contributed by atoms with Crippen LogP contribution in [-0.4, -0.2) is 4.92 Å². The SMILES string of the molecule is C[C@@H](NCc1ccc(Cl)cc1[N+](=O)[O-])c1ccc(Br)cc1. The summed E-state index contributed by atoms with van der Waals surface area (Å²) in [5, 5.41) is 14.7. The molecule has 110 valence electrons. The highest BCUT2D eigenvalue weighted by molar-refractivity contribution is 9.10. The average Bonchev–Trinajstić information content (AvgIpc) is 2.46. The van der Waals surface area contributed by atoms with Gasteiger partial charge in [0.25, 0.3) is 5.69 Å². The van der Waals surface area contributed by atoms with Crippen molar-refractivity contribution in [2.24, 2.45) is 0 Å². The second-order valence-corrected chi connectivity index (χ2v) is 6.04. The van der Waals surface area contributed by atoms with Gasteiger partial charge in [-0.3, -0.25) is 10.1 Å². The van der Waals surface area contributed by atoms with Crippen molar-refractivity contribution in [2.75, 3.05) is 0 Å². The van der Waals surface area contributed by atoms with Crippen LogP contribution in [0.15, 0.2) is 46.9 Å². The molecular formula is C15H14BrClN2O2. The van der Waals surface area contributed by atoms with Gasteiger partial charge in [-0.1, -0.05) is 39.7 Å². The molecule has 0 radical (unpaired) electrons. The highest BCUT2D eigenvalue weighted by Crippen LogP contribution is 2.24. The highest BCUT2D eigenvalue weighted by Gasteiger charge is 2.15. The van der Waals surface area contributed by atoms with Crippen molar-refractivity contribution in [2.45, 2.75) is 19.5 Å². The van der Waals surface area contributed by atoms with Gasteiger partial charge in [0.1, 0.15) is 0 Å². The Labute approximate surface area is 136 Å². The molecule has 0 saturated carbocycles. The molecule has 1 atom stereocenters. The molecule has 0 fully saturated rings. The van der Waals surface area contributed by atoms with Gasteiger partial charge >= 0.3 is 0 Å². The topological polar surface area (TPSA) is 55.2 Å². The summed E-state index contributed by atoms with van der Waals surface area (Å²) in [4.78, 5) is 10.6. The monoisotopic (exact) mass is 368 g/mol.